The fourth-order valence-electron chi connectivity index (χ4n) is 3.30. The molecule has 1 aliphatic rings. The number of unbranched alkanes of at least 4 members (excludes halogenated alkanes) is 3. The van der Waals surface area contributed by atoms with E-state index in [0.29, 0.717) is 0 Å². The van der Waals surface area contributed by atoms with Crippen LogP contribution in [0.3, 0.4) is 0 Å². The second-order valence-corrected chi connectivity index (χ2v) is 11.4. The van der Waals surface area contributed by atoms with Crippen molar-refractivity contribution in [3.8, 4) is 9.75 Å². The van der Waals surface area contributed by atoms with Gasteiger partial charge in [-0.15, -0.1) is 22.7 Å². The van der Waals surface area contributed by atoms with Crippen molar-refractivity contribution < 1.29 is 0 Å². The maximum atomic E-state index is 5.01. The van der Waals surface area contributed by atoms with Crippen LogP contribution in [0.5, 0.6) is 0 Å². The molecule has 2 aromatic heterocycles. The summed E-state index contributed by atoms with van der Waals surface area (Å²) in [5.74, 6) is 0. The molecule has 0 atom stereocenters. The minimum absolute atomic E-state index is 1.03. The van der Waals surface area contributed by atoms with E-state index in [-0.39, 0.29) is 0 Å². The molecule has 0 radical (unpaired) electrons. The van der Waals surface area contributed by atoms with Crippen LogP contribution in [0.15, 0.2) is 49.0 Å². The Morgan fingerprint density at radius 2 is 1.46 bits per heavy atom. The van der Waals surface area contributed by atoms with E-state index in [1.54, 1.807) is 22.7 Å². The number of aryl methyl sites for hydroxylation is 1. The monoisotopic (exact) mass is 507 g/mol. The standard InChI is InChI=1S/C21H19Br2NS2/c1-2-3-4-5-6-13-7-9-14(10-8-13)24-19-15-11-17(22)25-20(15)21-16(19)12-18(23)26-21/h7-12H,2-6H2,1H3. The van der Waals surface area contributed by atoms with Gasteiger partial charge in [-0.1, -0.05) is 38.3 Å². The van der Waals surface area contributed by atoms with E-state index in [1.807, 2.05) is 0 Å². The Hall–Kier alpha value is -0.750. The smallest absolute Gasteiger partial charge is 0.0812 e. The van der Waals surface area contributed by atoms with Gasteiger partial charge in [0.25, 0.3) is 0 Å². The molecule has 5 heteroatoms. The van der Waals surface area contributed by atoms with Gasteiger partial charge >= 0.3 is 0 Å². The lowest BCUT2D eigenvalue weighted by atomic mass is 10.1. The van der Waals surface area contributed by atoms with E-state index in [0.717, 1.165) is 19.0 Å². The van der Waals surface area contributed by atoms with Gasteiger partial charge in [0.05, 0.1) is 28.7 Å². The van der Waals surface area contributed by atoms with Crippen molar-refractivity contribution in [2.45, 2.75) is 39.0 Å². The number of hydrogen-bond acceptors (Lipinski definition) is 3. The minimum atomic E-state index is 1.03. The molecule has 1 aliphatic carbocycles. The molecule has 0 fully saturated rings. The summed E-state index contributed by atoms with van der Waals surface area (Å²) in [5, 5.41) is 0. The van der Waals surface area contributed by atoms with Crippen molar-refractivity contribution in [2.24, 2.45) is 4.99 Å². The van der Waals surface area contributed by atoms with Crippen LogP contribution in [0, 0.1) is 0 Å². The first-order valence-electron chi connectivity index (χ1n) is 8.93. The van der Waals surface area contributed by atoms with Gasteiger partial charge in [-0.3, -0.25) is 0 Å². The average molecular weight is 509 g/mol. The molecule has 1 aromatic carbocycles. The van der Waals surface area contributed by atoms with Gasteiger partial charge in [0.15, 0.2) is 0 Å². The molecule has 1 nitrogen and oxygen atoms in total. The number of aliphatic imine (C=N–C) groups is 1. The maximum Gasteiger partial charge on any atom is 0.0812 e. The van der Waals surface area contributed by atoms with Crippen molar-refractivity contribution in [1.29, 1.82) is 0 Å². The zero-order valence-corrected chi connectivity index (χ0v) is 19.3. The predicted octanol–water partition coefficient (Wildman–Crippen LogP) is 8.61. The largest absolute Gasteiger partial charge is 0.248 e. The van der Waals surface area contributed by atoms with Crippen LogP contribution in [-0.2, 0) is 6.42 Å². The summed E-state index contributed by atoms with van der Waals surface area (Å²) in [6.07, 6.45) is 6.40. The van der Waals surface area contributed by atoms with Crippen LogP contribution in [0.1, 0.15) is 49.3 Å². The topological polar surface area (TPSA) is 12.4 Å². The van der Waals surface area contributed by atoms with Crippen LogP contribution >= 0.6 is 54.5 Å². The summed E-state index contributed by atoms with van der Waals surface area (Å²) in [7, 11) is 0. The molecule has 0 bridgehead atoms. The highest BCUT2D eigenvalue weighted by Gasteiger charge is 2.29. The first-order chi connectivity index (χ1) is 12.7. The predicted molar refractivity (Wildman–Crippen MR) is 123 cm³/mol. The number of rotatable bonds is 6. The SMILES string of the molecule is CCCCCCc1ccc(N=C2c3cc(Br)sc3-c3sc(Br)cc32)cc1. The third-order valence-corrected chi connectivity index (χ3v) is 8.06. The summed E-state index contributed by atoms with van der Waals surface area (Å²) in [4.78, 5) is 7.66. The third kappa shape index (κ3) is 3.77. The van der Waals surface area contributed by atoms with E-state index in [9.17, 15) is 0 Å². The van der Waals surface area contributed by atoms with Crippen molar-refractivity contribution in [3.63, 3.8) is 0 Å². The van der Waals surface area contributed by atoms with Gasteiger partial charge in [0, 0.05) is 11.1 Å². The minimum Gasteiger partial charge on any atom is -0.248 e. The molecule has 0 amide bonds. The summed E-state index contributed by atoms with van der Waals surface area (Å²) >= 11 is 10.8. The summed E-state index contributed by atoms with van der Waals surface area (Å²) in [5.41, 5.74) is 6.03. The Morgan fingerprint density at radius 1 is 0.846 bits per heavy atom. The Kier molecular flexibility index (Phi) is 5.79. The van der Waals surface area contributed by atoms with Gasteiger partial charge in [0.1, 0.15) is 0 Å². The van der Waals surface area contributed by atoms with Crippen molar-refractivity contribution in [1.82, 2.24) is 0 Å². The molecule has 4 rings (SSSR count). The fourth-order valence-corrected chi connectivity index (χ4v) is 6.66. The summed E-state index contributed by atoms with van der Waals surface area (Å²) in [6, 6.07) is 13.2. The van der Waals surface area contributed by atoms with Gasteiger partial charge in [0.2, 0.25) is 0 Å². The fraction of sp³-hybridized carbons (Fsp3) is 0.286. The number of hydrogen-bond donors (Lipinski definition) is 0. The van der Waals surface area contributed by atoms with Crippen molar-refractivity contribution >= 4 is 65.9 Å². The Balaban J connectivity index is 1.60. The summed E-state index contributed by atoms with van der Waals surface area (Å²) < 4.78 is 2.32. The molecule has 26 heavy (non-hydrogen) atoms. The van der Waals surface area contributed by atoms with Gasteiger partial charge < -0.3 is 0 Å². The molecular weight excluding hydrogens is 490 g/mol. The number of thiophene rings is 2. The van der Waals surface area contributed by atoms with E-state index in [1.165, 1.54) is 58.5 Å². The van der Waals surface area contributed by atoms with Gasteiger partial charge in [-0.2, -0.15) is 0 Å². The highest BCUT2D eigenvalue weighted by molar-refractivity contribution is 9.11. The number of benzene rings is 1. The molecule has 134 valence electrons. The van der Waals surface area contributed by atoms with Crippen LogP contribution < -0.4 is 0 Å². The van der Waals surface area contributed by atoms with E-state index >= 15 is 0 Å². The molecule has 0 N–H and O–H groups in total. The van der Waals surface area contributed by atoms with Crippen molar-refractivity contribution in [3.05, 3.63) is 60.7 Å². The van der Waals surface area contributed by atoms with E-state index < -0.39 is 0 Å². The first-order valence-corrected chi connectivity index (χ1v) is 12.1. The lowest BCUT2D eigenvalue weighted by molar-refractivity contribution is 0.667. The number of halogens is 2. The molecule has 0 saturated carbocycles. The highest BCUT2D eigenvalue weighted by Crippen LogP contribution is 2.49. The quantitative estimate of drug-likeness (QED) is 0.231. The van der Waals surface area contributed by atoms with Crippen LogP contribution in [0.4, 0.5) is 5.69 Å². The Morgan fingerprint density at radius 3 is 2.04 bits per heavy atom. The molecule has 3 aromatic rings. The van der Waals surface area contributed by atoms with E-state index in [4.69, 9.17) is 4.99 Å². The average Bonchev–Trinajstić information content (AvgIpc) is 3.26. The number of fused-ring (bicyclic) bond motifs is 3. The van der Waals surface area contributed by atoms with Crippen LogP contribution in [0.25, 0.3) is 9.75 Å². The van der Waals surface area contributed by atoms with Crippen molar-refractivity contribution in [2.75, 3.05) is 0 Å². The summed E-state index contributed by atoms with van der Waals surface area (Å²) in [6.45, 7) is 2.26. The van der Waals surface area contributed by atoms with Crippen LogP contribution in [-0.4, -0.2) is 5.71 Å². The maximum absolute atomic E-state index is 5.01. The molecule has 0 aliphatic heterocycles. The lowest BCUT2D eigenvalue weighted by Crippen LogP contribution is -1.95. The number of nitrogens with zero attached hydrogens (tertiary/aromatic N) is 1. The normalized spacial score (nSPS) is 12.3. The Labute approximate surface area is 179 Å². The van der Waals surface area contributed by atoms with Crippen LogP contribution in [0.2, 0.25) is 0 Å². The first kappa shape index (κ1) is 18.6. The zero-order valence-electron chi connectivity index (χ0n) is 14.5. The third-order valence-electron chi connectivity index (χ3n) is 4.62. The second-order valence-electron chi connectivity index (χ2n) is 6.52. The lowest BCUT2D eigenvalue weighted by Gasteiger charge is -2.03. The highest BCUT2D eigenvalue weighted by atomic mass is 79.9. The second kappa shape index (κ2) is 8.09. The molecule has 2 heterocycles. The molecule has 0 unspecified atom stereocenters. The Bertz CT molecular complexity index is 903. The zero-order chi connectivity index (χ0) is 18.1. The molecule has 0 saturated heterocycles. The molecule has 0 spiro atoms. The van der Waals surface area contributed by atoms with Gasteiger partial charge in [-0.25, -0.2) is 4.99 Å². The van der Waals surface area contributed by atoms with Gasteiger partial charge in [-0.05, 0) is 74.5 Å². The van der Waals surface area contributed by atoms with E-state index in [2.05, 4.69) is 75.2 Å². The molecular formula is C21H19Br2NS2.